The molecule has 0 fully saturated rings. The summed E-state index contributed by atoms with van der Waals surface area (Å²) in [6.45, 7) is 5.10. The standard InChI is InChI=1S/C17H29NO3/c1-3-6-13(7-4-2)12-21-15-9-5-8-14(10-15)17(20)16(19)11-18/h5,8-10,13,16-17,19-20H,3-4,6-7,11-12,18H2,1-2H3/t16-,17+/m1/s1. The molecule has 0 aliphatic rings. The molecule has 0 amide bonds. The zero-order chi connectivity index (χ0) is 15.7. The monoisotopic (exact) mass is 295 g/mol. The maximum Gasteiger partial charge on any atom is 0.119 e. The van der Waals surface area contributed by atoms with Gasteiger partial charge in [-0.05, 0) is 36.5 Å². The van der Waals surface area contributed by atoms with Crippen LogP contribution in [0.4, 0.5) is 0 Å². The summed E-state index contributed by atoms with van der Waals surface area (Å²) < 4.78 is 5.85. The molecule has 0 saturated carbocycles. The number of benzene rings is 1. The van der Waals surface area contributed by atoms with Gasteiger partial charge in [0.15, 0.2) is 0 Å². The highest BCUT2D eigenvalue weighted by atomic mass is 16.5. The Hall–Kier alpha value is -1.10. The van der Waals surface area contributed by atoms with E-state index < -0.39 is 12.2 Å². The van der Waals surface area contributed by atoms with Crippen LogP contribution >= 0.6 is 0 Å². The number of aliphatic hydroxyl groups excluding tert-OH is 2. The van der Waals surface area contributed by atoms with Crippen LogP contribution < -0.4 is 10.5 Å². The van der Waals surface area contributed by atoms with Gasteiger partial charge >= 0.3 is 0 Å². The molecule has 0 spiro atoms. The van der Waals surface area contributed by atoms with Crippen molar-refractivity contribution in [1.29, 1.82) is 0 Å². The van der Waals surface area contributed by atoms with Crippen molar-refractivity contribution in [2.75, 3.05) is 13.2 Å². The van der Waals surface area contributed by atoms with Crippen molar-refractivity contribution in [3.8, 4) is 5.75 Å². The molecule has 0 aliphatic heterocycles. The summed E-state index contributed by atoms with van der Waals surface area (Å²) in [6.07, 6.45) is 2.74. The van der Waals surface area contributed by atoms with E-state index in [0.717, 1.165) is 18.6 Å². The van der Waals surface area contributed by atoms with Gasteiger partial charge in [-0.25, -0.2) is 0 Å². The summed E-state index contributed by atoms with van der Waals surface area (Å²) in [7, 11) is 0. The molecule has 4 heteroatoms. The number of rotatable bonds is 10. The Labute approximate surface area is 127 Å². The Balaban J connectivity index is 2.63. The topological polar surface area (TPSA) is 75.7 Å². The molecule has 1 aromatic rings. The number of nitrogens with two attached hydrogens (primary N) is 1. The van der Waals surface area contributed by atoms with E-state index in [0.29, 0.717) is 18.1 Å². The smallest absolute Gasteiger partial charge is 0.119 e. The fraction of sp³-hybridized carbons (Fsp3) is 0.647. The Bertz CT molecular complexity index is 391. The number of hydrogen-bond donors (Lipinski definition) is 3. The van der Waals surface area contributed by atoms with Crippen molar-refractivity contribution in [3.05, 3.63) is 29.8 Å². The minimum Gasteiger partial charge on any atom is -0.493 e. The van der Waals surface area contributed by atoms with Crippen LogP contribution in [0.15, 0.2) is 24.3 Å². The van der Waals surface area contributed by atoms with E-state index >= 15 is 0 Å². The Morgan fingerprint density at radius 2 is 1.81 bits per heavy atom. The molecule has 1 aromatic carbocycles. The molecule has 0 aromatic heterocycles. The van der Waals surface area contributed by atoms with Crippen LogP contribution in [-0.2, 0) is 0 Å². The molecule has 0 heterocycles. The second-order valence-electron chi connectivity index (χ2n) is 5.57. The van der Waals surface area contributed by atoms with Crippen LogP contribution in [0.1, 0.15) is 51.2 Å². The van der Waals surface area contributed by atoms with Crippen molar-refractivity contribution < 1.29 is 14.9 Å². The summed E-state index contributed by atoms with van der Waals surface area (Å²) in [4.78, 5) is 0. The molecule has 4 N–H and O–H groups in total. The minimum atomic E-state index is -0.972. The first kappa shape index (κ1) is 18.0. The third kappa shape index (κ3) is 6.04. The van der Waals surface area contributed by atoms with Crippen LogP contribution in [0.5, 0.6) is 5.75 Å². The van der Waals surface area contributed by atoms with Gasteiger partial charge in [0.25, 0.3) is 0 Å². The maximum atomic E-state index is 9.97. The highest BCUT2D eigenvalue weighted by molar-refractivity contribution is 5.30. The van der Waals surface area contributed by atoms with Gasteiger partial charge in [-0.1, -0.05) is 38.8 Å². The molecule has 0 saturated heterocycles. The maximum absolute atomic E-state index is 9.97. The third-order valence-corrected chi connectivity index (χ3v) is 3.69. The van der Waals surface area contributed by atoms with Crippen LogP contribution in [0.25, 0.3) is 0 Å². The van der Waals surface area contributed by atoms with Crippen molar-refractivity contribution in [2.45, 2.75) is 51.7 Å². The lowest BCUT2D eigenvalue weighted by Crippen LogP contribution is -2.27. The van der Waals surface area contributed by atoms with Gasteiger partial charge in [-0.2, -0.15) is 0 Å². The molecule has 120 valence electrons. The van der Waals surface area contributed by atoms with E-state index in [1.165, 1.54) is 12.8 Å². The molecule has 2 atom stereocenters. The zero-order valence-electron chi connectivity index (χ0n) is 13.2. The van der Waals surface area contributed by atoms with Gasteiger partial charge in [0.05, 0.1) is 12.7 Å². The largest absolute Gasteiger partial charge is 0.493 e. The average Bonchev–Trinajstić information content (AvgIpc) is 2.52. The third-order valence-electron chi connectivity index (χ3n) is 3.69. The van der Waals surface area contributed by atoms with Crippen LogP contribution in [0.2, 0.25) is 0 Å². The predicted molar refractivity (Wildman–Crippen MR) is 85.3 cm³/mol. The van der Waals surface area contributed by atoms with Crippen molar-refractivity contribution in [2.24, 2.45) is 11.7 Å². The van der Waals surface area contributed by atoms with E-state index in [2.05, 4.69) is 13.8 Å². The van der Waals surface area contributed by atoms with Crippen molar-refractivity contribution in [1.82, 2.24) is 0 Å². The van der Waals surface area contributed by atoms with E-state index in [9.17, 15) is 10.2 Å². The lowest BCUT2D eigenvalue weighted by Gasteiger charge is -2.19. The quantitative estimate of drug-likeness (QED) is 0.620. The number of aliphatic hydroxyl groups is 2. The summed E-state index contributed by atoms with van der Waals surface area (Å²) in [5, 5.41) is 19.6. The lowest BCUT2D eigenvalue weighted by molar-refractivity contribution is 0.0242. The van der Waals surface area contributed by atoms with Gasteiger partial charge < -0.3 is 20.7 Å². The zero-order valence-corrected chi connectivity index (χ0v) is 13.2. The summed E-state index contributed by atoms with van der Waals surface area (Å²) in [5.41, 5.74) is 6.00. The molecule has 4 nitrogen and oxygen atoms in total. The lowest BCUT2D eigenvalue weighted by atomic mass is 9.99. The van der Waals surface area contributed by atoms with E-state index in [1.54, 1.807) is 12.1 Å². The Kier molecular flexibility index (Phi) is 8.35. The normalized spacial score (nSPS) is 14.2. The second-order valence-corrected chi connectivity index (χ2v) is 5.57. The van der Waals surface area contributed by atoms with Gasteiger partial charge in [0.2, 0.25) is 0 Å². The van der Waals surface area contributed by atoms with Crippen LogP contribution in [-0.4, -0.2) is 29.5 Å². The van der Waals surface area contributed by atoms with E-state index in [-0.39, 0.29) is 6.54 Å². The highest BCUT2D eigenvalue weighted by Crippen LogP contribution is 2.23. The summed E-state index contributed by atoms with van der Waals surface area (Å²) in [5.74, 6) is 1.30. The number of ether oxygens (including phenoxy) is 1. The summed E-state index contributed by atoms with van der Waals surface area (Å²) in [6, 6.07) is 7.25. The number of hydrogen-bond acceptors (Lipinski definition) is 4. The molecule has 21 heavy (non-hydrogen) atoms. The van der Waals surface area contributed by atoms with Gasteiger partial charge in [0, 0.05) is 6.54 Å². The van der Waals surface area contributed by atoms with Crippen LogP contribution in [0.3, 0.4) is 0 Å². The van der Waals surface area contributed by atoms with E-state index in [1.807, 2.05) is 12.1 Å². The van der Waals surface area contributed by atoms with Gasteiger partial charge in [-0.15, -0.1) is 0 Å². The first-order valence-electron chi connectivity index (χ1n) is 7.91. The predicted octanol–water partition coefficient (Wildman–Crippen LogP) is 2.63. The van der Waals surface area contributed by atoms with Gasteiger partial charge in [-0.3, -0.25) is 0 Å². The molecular formula is C17H29NO3. The molecule has 1 rings (SSSR count). The van der Waals surface area contributed by atoms with E-state index in [4.69, 9.17) is 10.5 Å². The first-order chi connectivity index (χ1) is 10.1. The Morgan fingerprint density at radius 1 is 1.14 bits per heavy atom. The summed E-state index contributed by atoms with van der Waals surface area (Å²) >= 11 is 0. The fourth-order valence-corrected chi connectivity index (χ4v) is 2.48. The minimum absolute atomic E-state index is 0.0291. The van der Waals surface area contributed by atoms with Gasteiger partial charge in [0.1, 0.15) is 11.9 Å². The molecule has 0 aliphatic carbocycles. The average molecular weight is 295 g/mol. The molecule has 0 radical (unpaired) electrons. The molecule has 0 bridgehead atoms. The second kappa shape index (κ2) is 9.77. The SMILES string of the molecule is CCCC(CCC)COc1cccc([C@H](O)[C@H](O)CN)c1. The van der Waals surface area contributed by atoms with Crippen molar-refractivity contribution in [3.63, 3.8) is 0 Å². The molecular weight excluding hydrogens is 266 g/mol. The fourth-order valence-electron chi connectivity index (χ4n) is 2.48. The van der Waals surface area contributed by atoms with Crippen LogP contribution in [0, 0.1) is 5.92 Å². The van der Waals surface area contributed by atoms with Crippen molar-refractivity contribution >= 4 is 0 Å². The molecule has 0 unspecified atom stereocenters. The highest BCUT2D eigenvalue weighted by Gasteiger charge is 2.17. The Morgan fingerprint density at radius 3 is 2.38 bits per heavy atom. The first-order valence-corrected chi connectivity index (χ1v) is 7.91.